The van der Waals surface area contributed by atoms with E-state index in [4.69, 9.17) is 21.1 Å². The fourth-order valence-electron chi connectivity index (χ4n) is 3.17. The minimum Gasteiger partial charge on any atom is -0.486 e. The van der Waals surface area contributed by atoms with Crippen molar-refractivity contribution in [1.29, 1.82) is 0 Å². The number of hydrogen-bond acceptors (Lipinski definition) is 4. The van der Waals surface area contributed by atoms with E-state index in [0.29, 0.717) is 28.7 Å². The minimum atomic E-state index is 0.428. The molecule has 5 heteroatoms. The van der Waals surface area contributed by atoms with Gasteiger partial charge in [0.05, 0.1) is 5.02 Å². The number of nitrogens with one attached hydrogen (secondary N) is 1. The fourth-order valence-corrected chi connectivity index (χ4v) is 4.40. The average Bonchev–Trinajstić information content (AvgIpc) is 2.97. The molecule has 0 amide bonds. The Balaban J connectivity index is 1.61. The highest BCUT2D eigenvalue weighted by Gasteiger charge is 2.32. The summed E-state index contributed by atoms with van der Waals surface area (Å²) in [6.07, 6.45) is 7.59. The van der Waals surface area contributed by atoms with Gasteiger partial charge in [0, 0.05) is 17.8 Å². The van der Waals surface area contributed by atoms with Gasteiger partial charge in [0.25, 0.3) is 0 Å². The molecule has 116 valence electrons. The number of halogens is 1. The van der Waals surface area contributed by atoms with E-state index in [2.05, 4.69) is 11.6 Å². The predicted molar refractivity (Wildman–Crippen MR) is 88.9 cm³/mol. The second-order valence-electron chi connectivity index (χ2n) is 5.80. The van der Waals surface area contributed by atoms with E-state index < -0.39 is 0 Å². The van der Waals surface area contributed by atoms with Crippen molar-refractivity contribution in [3.05, 3.63) is 22.7 Å². The fraction of sp³-hybridized carbons (Fsp3) is 0.625. The molecule has 0 aromatic heterocycles. The lowest BCUT2D eigenvalue weighted by Crippen LogP contribution is -2.34. The lowest BCUT2D eigenvalue weighted by molar-refractivity contribution is 0.171. The van der Waals surface area contributed by atoms with E-state index in [1.165, 1.54) is 25.7 Å². The topological polar surface area (TPSA) is 30.5 Å². The molecule has 1 aliphatic carbocycles. The molecule has 2 aliphatic rings. The zero-order valence-electron chi connectivity index (χ0n) is 12.4. The standard InChI is InChI=1S/C16H22ClNO2S/c1-21-16(4-2-3-5-16)11-18-10-12-8-13(17)15-14(9-12)19-6-7-20-15/h8-9,18H,2-7,10-11H2,1H3. The van der Waals surface area contributed by atoms with Crippen molar-refractivity contribution in [3.8, 4) is 11.5 Å². The number of benzene rings is 1. The molecule has 0 unspecified atom stereocenters. The monoisotopic (exact) mass is 327 g/mol. The lowest BCUT2D eigenvalue weighted by Gasteiger charge is -2.27. The largest absolute Gasteiger partial charge is 0.486 e. The van der Waals surface area contributed by atoms with Gasteiger partial charge in [-0.2, -0.15) is 11.8 Å². The smallest absolute Gasteiger partial charge is 0.179 e. The van der Waals surface area contributed by atoms with Crippen molar-refractivity contribution in [2.24, 2.45) is 0 Å². The second-order valence-corrected chi connectivity index (χ2v) is 7.48. The molecular weight excluding hydrogens is 306 g/mol. The van der Waals surface area contributed by atoms with Crippen molar-refractivity contribution in [3.63, 3.8) is 0 Å². The van der Waals surface area contributed by atoms with E-state index in [0.717, 1.165) is 24.4 Å². The van der Waals surface area contributed by atoms with Crippen molar-refractivity contribution >= 4 is 23.4 Å². The van der Waals surface area contributed by atoms with Crippen molar-refractivity contribution in [1.82, 2.24) is 5.32 Å². The predicted octanol–water partition coefficient (Wildman–Crippen LogP) is 3.88. The Morgan fingerprint density at radius 1 is 1.24 bits per heavy atom. The molecule has 1 aromatic carbocycles. The first-order chi connectivity index (χ1) is 10.2. The number of fused-ring (bicyclic) bond motifs is 1. The molecule has 0 radical (unpaired) electrons. The summed E-state index contributed by atoms with van der Waals surface area (Å²) in [6.45, 7) is 3.04. The third kappa shape index (κ3) is 3.43. The maximum Gasteiger partial charge on any atom is 0.179 e. The highest BCUT2D eigenvalue weighted by Crippen LogP contribution is 2.40. The molecule has 0 spiro atoms. The Bertz CT molecular complexity index is 503. The van der Waals surface area contributed by atoms with Gasteiger partial charge >= 0.3 is 0 Å². The first-order valence-corrected chi connectivity index (χ1v) is 9.17. The molecule has 1 aliphatic heterocycles. The van der Waals surface area contributed by atoms with Crippen LogP contribution < -0.4 is 14.8 Å². The maximum atomic E-state index is 6.27. The minimum absolute atomic E-state index is 0.428. The van der Waals surface area contributed by atoms with Gasteiger partial charge in [-0.15, -0.1) is 0 Å². The van der Waals surface area contributed by atoms with E-state index in [1.807, 2.05) is 23.9 Å². The van der Waals surface area contributed by atoms with Crippen LogP contribution in [-0.2, 0) is 6.54 Å². The van der Waals surface area contributed by atoms with Crippen LogP contribution in [0.2, 0.25) is 5.02 Å². The van der Waals surface area contributed by atoms with Crippen LogP contribution in [0.15, 0.2) is 12.1 Å². The summed E-state index contributed by atoms with van der Waals surface area (Å²) in [7, 11) is 0. The molecule has 1 heterocycles. The summed E-state index contributed by atoms with van der Waals surface area (Å²) < 4.78 is 11.6. The van der Waals surface area contributed by atoms with Gasteiger partial charge < -0.3 is 14.8 Å². The number of hydrogen-bond donors (Lipinski definition) is 1. The Morgan fingerprint density at radius 3 is 2.76 bits per heavy atom. The van der Waals surface area contributed by atoms with E-state index in [1.54, 1.807) is 0 Å². The van der Waals surface area contributed by atoms with Crippen LogP contribution in [0.25, 0.3) is 0 Å². The maximum absolute atomic E-state index is 6.27. The van der Waals surface area contributed by atoms with Crippen LogP contribution in [-0.4, -0.2) is 30.8 Å². The Kier molecular flexibility index (Phi) is 4.87. The highest BCUT2D eigenvalue weighted by molar-refractivity contribution is 8.00. The third-order valence-electron chi connectivity index (χ3n) is 4.38. The molecule has 1 saturated carbocycles. The van der Waals surface area contributed by atoms with Gasteiger partial charge in [-0.25, -0.2) is 0 Å². The van der Waals surface area contributed by atoms with Crippen molar-refractivity contribution < 1.29 is 9.47 Å². The van der Waals surface area contributed by atoms with Gasteiger partial charge in [0.2, 0.25) is 0 Å². The Labute approximate surface area is 135 Å². The van der Waals surface area contributed by atoms with Crippen LogP contribution in [0.1, 0.15) is 31.2 Å². The summed E-state index contributed by atoms with van der Waals surface area (Å²) in [6, 6.07) is 4.01. The molecule has 1 N–H and O–H groups in total. The third-order valence-corrected chi connectivity index (χ3v) is 6.08. The van der Waals surface area contributed by atoms with Crippen LogP contribution in [0.4, 0.5) is 0 Å². The normalized spacial score (nSPS) is 19.7. The molecular formula is C16H22ClNO2S. The Hall–Kier alpha value is -0.580. The zero-order chi connectivity index (χ0) is 14.7. The van der Waals surface area contributed by atoms with Gasteiger partial charge in [0.15, 0.2) is 11.5 Å². The summed E-state index contributed by atoms with van der Waals surface area (Å²) in [5.41, 5.74) is 1.15. The van der Waals surface area contributed by atoms with Gasteiger partial charge in [-0.3, -0.25) is 0 Å². The summed E-state index contributed by atoms with van der Waals surface area (Å²) in [4.78, 5) is 0. The van der Waals surface area contributed by atoms with Gasteiger partial charge in [0.1, 0.15) is 13.2 Å². The van der Waals surface area contributed by atoms with Crippen LogP contribution in [0.3, 0.4) is 0 Å². The molecule has 0 saturated heterocycles. The number of ether oxygens (including phenoxy) is 2. The molecule has 3 nitrogen and oxygen atoms in total. The first-order valence-electron chi connectivity index (χ1n) is 7.56. The highest BCUT2D eigenvalue weighted by atomic mass is 35.5. The van der Waals surface area contributed by atoms with E-state index >= 15 is 0 Å². The second kappa shape index (κ2) is 6.67. The molecule has 1 aromatic rings. The molecule has 21 heavy (non-hydrogen) atoms. The summed E-state index contributed by atoms with van der Waals surface area (Å²) in [5, 5.41) is 4.24. The summed E-state index contributed by atoms with van der Waals surface area (Å²) in [5.74, 6) is 1.45. The first kappa shape index (κ1) is 15.3. The summed E-state index contributed by atoms with van der Waals surface area (Å²) >= 11 is 8.28. The van der Waals surface area contributed by atoms with E-state index in [-0.39, 0.29) is 0 Å². The SMILES string of the molecule is CSC1(CNCc2cc(Cl)c3c(c2)OCCO3)CCCC1. The van der Waals surface area contributed by atoms with E-state index in [9.17, 15) is 0 Å². The zero-order valence-corrected chi connectivity index (χ0v) is 14.0. The molecule has 0 atom stereocenters. The number of thioether (sulfide) groups is 1. The van der Waals surface area contributed by atoms with Crippen LogP contribution in [0.5, 0.6) is 11.5 Å². The van der Waals surface area contributed by atoms with Gasteiger partial charge in [-0.1, -0.05) is 24.4 Å². The van der Waals surface area contributed by atoms with Crippen molar-refractivity contribution in [2.75, 3.05) is 26.0 Å². The molecule has 3 rings (SSSR count). The quantitative estimate of drug-likeness (QED) is 0.889. The molecule has 0 bridgehead atoms. The van der Waals surface area contributed by atoms with Crippen LogP contribution >= 0.6 is 23.4 Å². The average molecular weight is 328 g/mol. The Morgan fingerprint density at radius 2 is 2.00 bits per heavy atom. The van der Waals surface area contributed by atoms with Crippen molar-refractivity contribution in [2.45, 2.75) is 37.0 Å². The number of rotatable bonds is 5. The lowest BCUT2D eigenvalue weighted by atomic mass is 10.1. The van der Waals surface area contributed by atoms with Gasteiger partial charge in [-0.05, 0) is 36.8 Å². The molecule has 1 fully saturated rings. The van der Waals surface area contributed by atoms with Crippen LogP contribution in [0, 0.1) is 0 Å².